The van der Waals surface area contributed by atoms with Gasteiger partial charge in [-0.25, -0.2) is 4.79 Å². The van der Waals surface area contributed by atoms with Crippen molar-refractivity contribution in [3.05, 3.63) is 0 Å². The predicted molar refractivity (Wildman–Crippen MR) is 78.7 cm³/mol. The third-order valence-electron chi connectivity index (χ3n) is 4.10. The number of amides is 2. The van der Waals surface area contributed by atoms with E-state index in [-0.39, 0.29) is 18.6 Å². The number of urea groups is 1. The SMILES string of the molecule is CCC1CCC(NC(=O)N(CC(=O)O)C(C)(C)C)CC1. The molecule has 5 nitrogen and oxygen atoms in total. The van der Waals surface area contributed by atoms with Crippen LogP contribution < -0.4 is 5.32 Å². The molecule has 0 aromatic rings. The number of carboxylic acid groups (broad SMARTS) is 1. The number of carbonyl (C=O) groups excluding carboxylic acids is 1. The van der Waals surface area contributed by atoms with Crippen molar-refractivity contribution < 1.29 is 14.7 Å². The van der Waals surface area contributed by atoms with Gasteiger partial charge in [0.05, 0.1) is 0 Å². The van der Waals surface area contributed by atoms with Crippen molar-refractivity contribution in [3.8, 4) is 0 Å². The van der Waals surface area contributed by atoms with Crippen LogP contribution in [0.5, 0.6) is 0 Å². The number of hydrogen-bond acceptors (Lipinski definition) is 2. The second kappa shape index (κ2) is 6.95. The van der Waals surface area contributed by atoms with Crippen LogP contribution in [0.3, 0.4) is 0 Å². The molecule has 0 heterocycles. The number of carboxylic acids is 1. The summed E-state index contributed by atoms with van der Waals surface area (Å²) in [7, 11) is 0. The average Bonchev–Trinajstić information content (AvgIpc) is 2.35. The summed E-state index contributed by atoms with van der Waals surface area (Å²) in [5.74, 6) is -0.203. The van der Waals surface area contributed by atoms with Crippen molar-refractivity contribution in [2.75, 3.05) is 6.54 Å². The van der Waals surface area contributed by atoms with E-state index < -0.39 is 11.5 Å². The lowest BCUT2D eigenvalue weighted by Gasteiger charge is -2.37. The Hall–Kier alpha value is -1.26. The van der Waals surface area contributed by atoms with E-state index in [1.54, 1.807) is 0 Å². The van der Waals surface area contributed by atoms with Crippen molar-refractivity contribution in [1.82, 2.24) is 10.2 Å². The Kier molecular flexibility index (Phi) is 5.84. The first-order chi connectivity index (χ1) is 9.24. The molecule has 5 heteroatoms. The molecule has 1 aliphatic rings. The van der Waals surface area contributed by atoms with Crippen molar-refractivity contribution in [2.45, 2.75) is 71.4 Å². The van der Waals surface area contributed by atoms with Gasteiger partial charge in [0.1, 0.15) is 6.54 Å². The maximum atomic E-state index is 12.3. The van der Waals surface area contributed by atoms with Crippen LogP contribution in [0.15, 0.2) is 0 Å². The Morgan fingerprint density at radius 1 is 1.20 bits per heavy atom. The van der Waals surface area contributed by atoms with E-state index in [0.29, 0.717) is 0 Å². The molecule has 0 spiro atoms. The molecule has 1 aliphatic carbocycles. The first-order valence-electron chi connectivity index (χ1n) is 7.54. The molecule has 0 radical (unpaired) electrons. The van der Waals surface area contributed by atoms with Crippen LogP contribution in [0.25, 0.3) is 0 Å². The van der Waals surface area contributed by atoms with Gasteiger partial charge < -0.3 is 15.3 Å². The van der Waals surface area contributed by atoms with Crippen LogP contribution in [0.1, 0.15) is 59.8 Å². The zero-order valence-corrected chi connectivity index (χ0v) is 13.1. The summed E-state index contributed by atoms with van der Waals surface area (Å²) in [4.78, 5) is 24.6. The normalized spacial score (nSPS) is 23.2. The highest BCUT2D eigenvalue weighted by Crippen LogP contribution is 2.26. The standard InChI is InChI=1S/C15H28N2O3/c1-5-11-6-8-12(9-7-11)16-14(20)17(10-13(18)19)15(2,3)4/h11-12H,5-10H2,1-4H3,(H,16,20)(H,18,19). The summed E-state index contributed by atoms with van der Waals surface area (Å²) < 4.78 is 0. The Morgan fingerprint density at radius 3 is 2.15 bits per heavy atom. The summed E-state index contributed by atoms with van der Waals surface area (Å²) in [6, 6.07) is -0.0798. The minimum atomic E-state index is -0.982. The number of aliphatic carboxylic acids is 1. The number of hydrogen-bond donors (Lipinski definition) is 2. The van der Waals surface area contributed by atoms with Gasteiger partial charge in [0.25, 0.3) is 0 Å². The maximum Gasteiger partial charge on any atom is 0.323 e. The Labute approximate surface area is 121 Å². The van der Waals surface area contributed by atoms with Gasteiger partial charge in [0.15, 0.2) is 0 Å². The lowest BCUT2D eigenvalue weighted by atomic mass is 9.84. The molecule has 0 aromatic carbocycles. The Bertz CT molecular complexity index is 342. The largest absolute Gasteiger partial charge is 0.480 e. The maximum absolute atomic E-state index is 12.3. The summed E-state index contributed by atoms with van der Waals surface area (Å²) in [5, 5.41) is 11.9. The lowest BCUT2D eigenvalue weighted by Crippen LogP contribution is -2.54. The molecule has 116 valence electrons. The van der Waals surface area contributed by atoms with Gasteiger partial charge in [-0.1, -0.05) is 13.3 Å². The third kappa shape index (κ3) is 5.02. The van der Waals surface area contributed by atoms with Gasteiger partial charge in [-0.3, -0.25) is 4.79 Å². The Morgan fingerprint density at radius 2 is 1.75 bits per heavy atom. The fraction of sp³-hybridized carbons (Fsp3) is 0.867. The first-order valence-corrected chi connectivity index (χ1v) is 7.54. The van der Waals surface area contributed by atoms with Gasteiger partial charge in [-0.05, 0) is 52.4 Å². The molecule has 0 aliphatic heterocycles. The molecule has 1 rings (SSSR count). The third-order valence-corrected chi connectivity index (χ3v) is 4.10. The van der Waals surface area contributed by atoms with Crippen molar-refractivity contribution >= 4 is 12.0 Å². The zero-order chi connectivity index (χ0) is 15.3. The molecule has 2 N–H and O–H groups in total. The van der Waals surface area contributed by atoms with Crippen LogP contribution in [-0.2, 0) is 4.79 Å². The van der Waals surface area contributed by atoms with E-state index in [1.165, 1.54) is 11.3 Å². The van der Waals surface area contributed by atoms with Crippen molar-refractivity contribution in [1.29, 1.82) is 0 Å². The minimum Gasteiger partial charge on any atom is -0.480 e. The van der Waals surface area contributed by atoms with E-state index in [9.17, 15) is 9.59 Å². The second-order valence-corrected chi connectivity index (χ2v) is 6.73. The predicted octanol–water partition coefficient (Wildman–Crippen LogP) is 2.85. The monoisotopic (exact) mass is 284 g/mol. The molecular formula is C15H28N2O3. The summed E-state index contributed by atoms with van der Waals surface area (Å²) in [6.07, 6.45) is 5.49. The number of nitrogens with zero attached hydrogens (tertiary/aromatic N) is 1. The molecule has 0 saturated heterocycles. The van der Waals surface area contributed by atoms with Gasteiger partial charge in [0, 0.05) is 11.6 Å². The average molecular weight is 284 g/mol. The minimum absolute atomic E-state index is 0.184. The lowest BCUT2D eigenvalue weighted by molar-refractivity contribution is -0.138. The fourth-order valence-electron chi connectivity index (χ4n) is 2.72. The number of rotatable bonds is 4. The Balaban J connectivity index is 2.56. The molecule has 20 heavy (non-hydrogen) atoms. The molecule has 1 saturated carbocycles. The molecular weight excluding hydrogens is 256 g/mol. The molecule has 2 amide bonds. The van der Waals surface area contributed by atoms with Gasteiger partial charge in [-0.2, -0.15) is 0 Å². The van der Waals surface area contributed by atoms with Crippen LogP contribution in [-0.4, -0.2) is 40.1 Å². The fourth-order valence-corrected chi connectivity index (χ4v) is 2.72. The van der Waals surface area contributed by atoms with E-state index in [2.05, 4.69) is 12.2 Å². The van der Waals surface area contributed by atoms with Gasteiger partial charge in [-0.15, -0.1) is 0 Å². The van der Waals surface area contributed by atoms with Gasteiger partial charge >= 0.3 is 12.0 Å². The highest BCUT2D eigenvalue weighted by molar-refractivity contribution is 5.81. The van der Waals surface area contributed by atoms with E-state index >= 15 is 0 Å². The molecule has 0 bridgehead atoms. The summed E-state index contributed by atoms with van der Waals surface area (Å²) >= 11 is 0. The topological polar surface area (TPSA) is 69.6 Å². The number of nitrogens with one attached hydrogen (secondary N) is 1. The quantitative estimate of drug-likeness (QED) is 0.834. The number of carbonyl (C=O) groups is 2. The van der Waals surface area contributed by atoms with E-state index in [1.807, 2.05) is 20.8 Å². The summed E-state index contributed by atoms with van der Waals surface area (Å²) in [5.41, 5.74) is -0.497. The van der Waals surface area contributed by atoms with Gasteiger partial charge in [0.2, 0.25) is 0 Å². The highest BCUT2D eigenvalue weighted by atomic mass is 16.4. The van der Waals surface area contributed by atoms with E-state index in [4.69, 9.17) is 5.11 Å². The van der Waals surface area contributed by atoms with Crippen LogP contribution in [0.2, 0.25) is 0 Å². The molecule has 0 atom stereocenters. The smallest absolute Gasteiger partial charge is 0.323 e. The summed E-state index contributed by atoms with van der Waals surface area (Å²) in [6.45, 7) is 7.49. The van der Waals surface area contributed by atoms with Crippen molar-refractivity contribution in [2.24, 2.45) is 5.92 Å². The van der Waals surface area contributed by atoms with Crippen LogP contribution in [0, 0.1) is 5.92 Å². The molecule has 0 unspecified atom stereocenters. The highest BCUT2D eigenvalue weighted by Gasteiger charge is 2.30. The first kappa shape index (κ1) is 16.8. The molecule has 1 fully saturated rings. The van der Waals surface area contributed by atoms with Crippen LogP contribution >= 0.6 is 0 Å². The zero-order valence-electron chi connectivity index (χ0n) is 13.1. The van der Waals surface area contributed by atoms with Crippen LogP contribution in [0.4, 0.5) is 4.79 Å². The molecule has 0 aromatic heterocycles. The van der Waals surface area contributed by atoms with Crippen molar-refractivity contribution in [3.63, 3.8) is 0 Å². The second-order valence-electron chi connectivity index (χ2n) is 6.73. The van der Waals surface area contributed by atoms with E-state index in [0.717, 1.165) is 31.6 Å².